The third-order valence-electron chi connectivity index (χ3n) is 5.51. The number of aliphatic imine (C=N–C) groups is 1. The van der Waals surface area contributed by atoms with Crippen molar-refractivity contribution in [2.24, 2.45) is 4.99 Å². The summed E-state index contributed by atoms with van der Waals surface area (Å²) < 4.78 is 16.3. The van der Waals surface area contributed by atoms with Crippen LogP contribution in [0.4, 0.5) is 0 Å². The topological polar surface area (TPSA) is 67.4 Å². The smallest absolute Gasteiger partial charge is 0.203 e. The van der Waals surface area contributed by atoms with Crippen LogP contribution in [0.2, 0.25) is 0 Å². The third-order valence-corrected chi connectivity index (χ3v) is 6.54. The van der Waals surface area contributed by atoms with Gasteiger partial charge in [0.1, 0.15) is 0 Å². The fourth-order valence-corrected chi connectivity index (χ4v) is 4.65. The Balaban J connectivity index is 0.00000363. The molecule has 1 aromatic carbocycles. The monoisotopic (exact) mass is 574 g/mol. The highest BCUT2D eigenvalue weighted by Crippen LogP contribution is 2.38. The second-order valence-electron chi connectivity index (χ2n) is 7.55. The van der Waals surface area contributed by atoms with E-state index in [2.05, 4.69) is 40.8 Å². The Morgan fingerprint density at radius 2 is 1.88 bits per heavy atom. The van der Waals surface area contributed by atoms with E-state index in [4.69, 9.17) is 19.2 Å². The molecule has 1 aliphatic rings. The summed E-state index contributed by atoms with van der Waals surface area (Å²) in [6, 6.07) is 6.54. The second-order valence-corrected chi connectivity index (χ2v) is 8.55. The molecule has 0 fully saturated rings. The predicted octanol–water partition coefficient (Wildman–Crippen LogP) is 3.89. The zero-order chi connectivity index (χ0) is 22.2. The van der Waals surface area contributed by atoms with Crippen molar-refractivity contribution in [3.63, 3.8) is 0 Å². The zero-order valence-electron chi connectivity index (χ0n) is 19.6. The summed E-state index contributed by atoms with van der Waals surface area (Å²) in [7, 11) is 4.85. The van der Waals surface area contributed by atoms with E-state index < -0.39 is 0 Å². The molecule has 32 heavy (non-hydrogen) atoms. The minimum atomic E-state index is 0. The average molecular weight is 575 g/mol. The van der Waals surface area contributed by atoms with Crippen LogP contribution in [-0.2, 0) is 19.5 Å². The standard InChI is InChI=1S/C23H34N4O3S.HI/c1-6-24-23(25-13-16(2)27-9-7-21-18(15-27)8-10-31-21)26-14-17-11-19(28-3)22(30-5)20(12-17)29-4;/h8,10-12,16H,6-7,9,13-15H2,1-5H3,(H2,24,25,26);1H. The van der Waals surface area contributed by atoms with Crippen molar-refractivity contribution in [2.75, 3.05) is 41.0 Å². The summed E-state index contributed by atoms with van der Waals surface area (Å²) >= 11 is 1.88. The summed E-state index contributed by atoms with van der Waals surface area (Å²) in [6.45, 7) is 8.62. The Kier molecular flexibility index (Phi) is 10.9. The molecule has 1 atom stereocenters. The number of hydrogen-bond acceptors (Lipinski definition) is 6. The molecule has 2 N–H and O–H groups in total. The molecule has 1 aliphatic heterocycles. The number of nitrogens with zero attached hydrogens (tertiary/aromatic N) is 2. The molecule has 1 unspecified atom stereocenters. The van der Waals surface area contributed by atoms with Gasteiger partial charge in [-0.1, -0.05) is 0 Å². The van der Waals surface area contributed by atoms with E-state index in [1.54, 1.807) is 21.3 Å². The zero-order valence-corrected chi connectivity index (χ0v) is 22.7. The highest BCUT2D eigenvalue weighted by Gasteiger charge is 2.21. The molecule has 7 nitrogen and oxygen atoms in total. The van der Waals surface area contributed by atoms with Gasteiger partial charge >= 0.3 is 0 Å². The minimum absolute atomic E-state index is 0. The van der Waals surface area contributed by atoms with Gasteiger partial charge in [-0.05, 0) is 55.0 Å². The molecule has 0 amide bonds. The van der Waals surface area contributed by atoms with Gasteiger partial charge in [-0.3, -0.25) is 4.90 Å². The summed E-state index contributed by atoms with van der Waals surface area (Å²) in [4.78, 5) is 8.83. The Morgan fingerprint density at radius 3 is 2.50 bits per heavy atom. The van der Waals surface area contributed by atoms with E-state index in [0.717, 1.165) is 44.1 Å². The summed E-state index contributed by atoms with van der Waals surface area (Å²) in [5.74, 6) is 2.66. The molecular weight excluding hydrogens is 539 g/mol. The van der Waals surface area contributed by atoms with Crippen molar-refractivity contribution in [1.29, 1.82) is 0 Å². The van der Waals surface area contributed by atoms with E-state index in [1.807, 2.05) is 23.5 Å². The largest absolute Gasteiger partial charge is 0.493 e. The van der Waals surface area contributed by atoms with Crippen molar-refractivity contribution in [2.45, 2.75) is 39.4 Å². The number of benzene rings is 1. The number of hydrogen-bond donors (Lipinski definition) is 2. The van der Waals surface area contributed by atoms with Gasteiger partial charge in [-0.2, -0.15) is 0 Å². The van der Waals surface area contributed by atoms with Gasteiger partial charge < -0.3 is 24.8 Å². The number of rotatable bonds is 9. The molecule has 0 saturated carbocycles. The molecule has 0 radical (unpaired) electrons. The maximum Gasteiger partial charge on any atom is 0.203 e. The first kappa shape index (κ1) is 26.5. The average Bonchev–Trinajstić information content (AvgIpc) is 3.27. The maximum absolute atomic E-state index is 5.45. The molecule has 3 rings (SSSR count). The van der Waals surface area contributed by atoms with Crippen LogP contribution in [0, 0.1) is 0 Å². The number of fused-ring (bicyclic) bond motifs is 1. The lowest BCUT2D eigenvalue weighted by atomic mass is 10.1. The Labute approximate surface area is 212 Å². The summed E-state index contributed by atoms with van der Waals surface area (Å²) in [5.41, 5.74) is 2.46. The van der Waals surface area contributed by atoms with Gasteiger partial charge in [-0.15, -0.1) is 35.3 Å². The van der Waals surface area contributed by atoms with Crippen LogP contribution >= 0.6 is 35.3 Å². The second kappa shape index (κ2) is 13.1. The fraction of sp³-hybridized carbons (Fsp3) is 0.522. The first-order valence-corrected chi connectivity index (χ1v) is 11.6. The van der Waals surface area contributed by atoms with E-state index in [-0.39, 0.29) is 24.0 Å². The molecule has 2 aromatic rings. The molecule has 0 saturated heterocycles. The van der Waals surface area contributed by atoms with Crippen LogP contribution in [-0.4, -0.2) is 57.9 Å². The quantitative estimate of drug-likeness (QED) is 0.269. The van der Waals surface area contributed by atoms with E-state index in [1.165, 1.54) is 10.4 Å². The number of nitrogens with one attached hydrogen (secondary N) is 2. The van der Waals surface area contributed by atoms with Crippen LogP contribution in [0.15, 0.2) is 28.6 Å². The van der Waals surface area contributed by atoms with Gasteiger partial charge in [0.25, 0.3) is 0 Å². The highest BCUT2D eigenvalue weighted by atomic mass is 127. The van der Waals surface area contributed by atoms with Crippen LogP contribution in [0.1, 0.15) is 29.9 Å². The van der Waals surface area contributed by atoms with Crippen molar-refractivity contribution < 1.29 is 14.2 Å². The molecule has 9 heteroatoms. The van der Waals surface area contributed by atoms with Crippen LogP contribution < -0.4 is 24.8 Å². The van der Waals surface area contributed by atoms with E-state index in [9.17, 15) is 0 Å². The normalized spacial score (nSPS) is 14.7. The van der Waals surface area contributed by atoms with Gasteiger partial charge in [0.15, 0.2) is 17.5 Å². The lowest BCUT2D eigenvalue weighted by Gasteiger charge is -2.32. The van der Waals surface area contributed by atoms with E-state index in [0.29, 0.717) is 29.8 Å². The van der Waals surface area contributed by atoms with Crippen molar-refractivity contribution in [3.8, 4) is 17.2 Å². The van der Waals surface area contributed by atoms with Gasteiger partial charge in [-0.25, -0.2) is 4.99 Å². The minimum Gasteiger partial charge on any atom is -0.493 e. The fourth-order valence-electron chi connectivity index (χ4n) is 3.76. The molecular formula is C23H35IN4O3S. The van der Waals surface area contributed by atoms with Crippen molar-refractivity contribution in [3.05, 3.63) is 39.6 Å². The maximum atomic E-state index is 5.45. The van der Waals surface area contributed by atoms with Crippen molar-refractivity contribution >= 4 is 41.3 Å². The Hall–Kier alpha value is -1.72. The predicted molar refractivity (Wildman–Crippen MR) is 142 cm³/mol. The number of methoxy groups -OCH3 is 3. The van der Waals surface area contributed by atoms with Gasteiger partial charge in [0.2, 0.25) is 5.75 Å². The molecule has 0 bridgehead atoms. The Morgan fingerprint density at radius 1 is 1.16 bits per heavy atom. The molecule has 2 heterocycles. The number of guanidine groups is 1. The van der Waals surface area contributed by atoms with Crippen LogP contribution in [0.3, 0.4) is 0 Å². The lowest BCUT2D eigenvalue weighted by Crippen LogP contribution is -2.47. The summed E-state index contributed by atoms with van der Waals surface area (Å²) in [5, 5.41) is 9.04. The number of halogens is 1. The molecule has 0 aliphatic carbocycles. The lowest BCUT2D eigenvalue weighted by molar-refractivity contribution is 0.192. The third kappa shape index (κ3) is 6.64. The summed E-state index contributed by atoms with van der Waals surface area (Å²) in [6.07, 6.45) is 1.15. The van der Waals surface area contributed by atoms with E-state index >= 15 is 0 Å². The van der Waals surface area contributed by atoms with Crippen molar-refractivity contribution in [1.82, 2.24) is 15.5 Å². The SMILES string of the molecule is CCNC(=NCc1cc(OC)c(OC)c(OC)c1)NCC(C)N1CCc2sccc2C1.I. The van der Waals surface area contributed by atoms with Crippen LogP contribution in [0.5, 0.6) is 17.2 Å². The Bertz CT molecular complexity index is 865. The first-order chi connectivity index (χ1) is 15.1. The molecule has 1 aromatic heterocycles. The molecule has 178 valence electrons. The molecule has 0 spiro atoms. The number of thiophene rings is 1. The first-order valence-electron chi connectivity index (χ1n) is 10.7. The highest BCUT2D eigenvalue weighted by molar-refractivity contribution is 14.0. The van der Waals surface area contributed by atoms with Gasteiger partial charge in [0.05, 0.1) is 27.9 Å². The van der Waals surface area contributed by atoms with Crippen LogP contribution in [0.25, 0.3) is 0 Å². The van der Waals surface area contributed by atoms with Gasteiger partial charge in [0, 0.05) is 37.1 Å². The number of ether oxygens (including phenoxy) is 3.